The van der Waals surface area contributed by atoms with Crippen LogP contribution in [0.5, 0.6) is 0 Å². The first-order chi connectivity index (χ1) is 6.67. The van der Waals surface area contributed by atoms with Crippen LogP contribution in [0, 0.1) is 6.92 Å². The van der Waals surface area contributed by atoms with E-state index in [1.165, 1.54) is 0 Å². The van der Waals surface area contributed by atoms with Gasteiger partial charge in [-0.3, -0.25) is 4.68 Å². The Hall–Kier alpha value is -1.03. The van der Waals surface area contributed by atoms with Gasteiger partial charge in [-0.15, -0.1) is 0 Å². The normalized spacial score (nSPS) is 11.1. The molecule has 0 unspecified atom stereocenters. The van der Waals surface area contributed by atoms with E-state index in [0.717, 1.165) is 31.7 Å². The molecule has 0 aromatic carbocycles. The summed E-state index contributed by atoms with van der Waals surface area (Å²) in [7, 11) is 0. The third kappa shape index (κ3) is 2.73. The molecule has 0 spiro atoms. The zero-order valence-electron chi connectivity index (χ0n) is 9.32. The second-order valence-corrected chi connectivity index (χ2v) is 3.49. The number of aryl methyl sites for hydroxylation is 1. The molecule has 80 valence electrons. The van der Waals surface area contributed by atoms with E-state index in [2.05, 4.69) is 23.8 Å². The van der Waals surface area contributed by atoms with Crippen LogP contribution in [0.1, 0.15) is 19.4 Å². The molecule has 2 N–H and O–H groups in total. The molecule has 1 aromatic heterocycles. The van der Waals surface area contributed by atoms with Gasteiger partial charge in [0.05, 0.1) is 6.54 Å². The Bertz CT molecular complexity index is 256. The quantitative estimate of drug-likeness (QED) is 0.767. The Morgan fingerprint density at radius 1 is 1.43 bits per heavy atom. The van der Waals surface area contributed by atoms with Gasteiger partial charge in [0.15, 0.2) is 0 Å². The molecule has 1 rings (SSSR count). The number of anilines is 1. The Balaban J connectivity index is 2.45. The van der Waals surface area contributed by atoms with E-state index in [0.29, 0.717) is 5.82 Å². The first-order valence-corrected chi connectivity index (χ1v) is 5.19. The van der Waals surface area contributed by atoms with E-state index in [-0.39, 0.29) is 0 Å². The SMILES string of the molecule is CCN(CC)CCn1cc(C)c(N)n1. The molecule has 0 bridgehead atoms. The standard InChI is InChI=1S/C10H20N4/c1-4-13(5-2)6-7-14-8-9(3)10(11)12-14/h8H,4-7H2,1-3H3,(H2,11,12). The van der Waals surface area contributed by atoms with Crippen LogP contribution < -0.4 is 5.73 Å². The van der Waals surface area contributed by atoms with Gasteiger partial charge in [0, 0.05) is 18.3 Å². The Morgan fingerprint density at radius 3 is 2.50 bits per heavy atom. The Morgan fingerprint density at radius 2 is 2.07 bits per heavy atom. The van der Waals surface area contributed by atoms with Gasteiger partial charge in [0.25, 0.3) is 0 Å². The van der Waals surface area contributed by atoms with Crippen LogP contribution in [0.15, 0.2) is 6.20 Å². The van der Waals surface area contributed by atoms with Gasteiger partial charge < -0.3 is 10.6 Å². The highest BCUT2D eigenvalue weighted by Crippen LogP contribution is 2.05. The van der Waals surface area contributed by atoms with Crippen LogP contribution >= 0.6 is 0 Å². The highest BCUT2D eigenvalue weighted by Gasteiger charge is 2.02. The molecule has 0 fully saturated rings. The summed E-state index contributed by atoms with van der Waals surface area (Å²) in [6, 6.07) is 0. The van der Waals surface area contributed by atoms with Gasteiger partial charge in [0.2, 0.25) is 0 Å². The summed E-state index contributed by atoms with van der Waals surface area (Å²) in [6.45, 7) is 10.5. The molecule has 0 saturated heterocycles. The lowest BCUT2D eigenvalue weighted by atomic mass is 10.4. The summed E-state index contributed by atoms with van der Waals surface area (Å²) in [5.74, 6) is 0.643. The van der Waals surface area contributed by atoms with Crippen molar-refractivity contribution in [2.45, 2.75) is 27.3 Å². The highest BCUT2D eigenvalue weighted by molar-refractivity contribution is 5.35. The average molecular weight is 196 g/mol. The van der Waals surface area contributed by atoms with Gasteiger partial charge in [0.1, 0.15) is 5.82 Å². The van der Waals surface area contributed by atoms with E-state index < -0.39 is 0 Å². The molecule has 0 aliphatic carbocycles. The molecule has 0 amide bonds. The van der Waals surface area contributed by atoms with Crippen LogP contribution in [0.25, 0.3) is 0 Å². The molecule has 1 aromatic rings. The van der Waals surface area contributed by atoms with Crippen LogP contribution in [-0.4, -0.2) is 34.3 Å². The average Bonchev–Trinajstić information content (AvgIpc) is 2.48. The highest BCUT2D eigenvalue weighted by atomic mass is 15.3. The minimum absolute atomic E-state index is 0.643. The van der Waals surface area contributed by atoms with Crippen molar-refractivity contribution >= 4 is 5.82 Å². The summed E-state index contributed by atoms with van der Waals surface area (Å²) in [5.41, 5.74) is 6.73. The van der Waals surface area contributed by atoms with E-state index in [1.54, 1.807) is 0 Å². The second kappa shape index (κ2) is 5.00. The van der Waals surface area contributed by atoms with Crippen LogP contribution in [0.2, 0.25) is 0 Å². The molecule has 0 atom stereocenters. The molecule has 1 heterocycles. The maximum atomic E-state index is 5.67. The number of nitrogens with zero attached hydrogens (tertiary/aromatic N) is 3. The molecule has 0 saturated carbocycles. The van der Waals surface area contributed by atoms with Crippen molar-refractivity contribution in [3.8, 4) is 0 Å². The zero-order chi connectivity index (χ0) is 10.6. The maximum Gasteiger partial charge on any atom is 0.148 e. The molecular weight excluding hydrogens is 176 g/mol. The van der Waals surface area contributed by atoms with E-state index in [1.807, 2.05) is 17.8 Å². The summed E-state index contributed by atoms with van der Waals surface area (Å²) in [6.07, 6.45) is 2.00. The van der Waals surface area contributed by atoms with Gasteiger partial charge in [-0.2, -0.15) is 5.10 Å². The van der Waals surface area contributed by atoms with Gasteiger partial charge in [-0.05, 0) is 20.0 Å². The van der Waals surface area contributed by atoms with Gasteiger partial charge in [-0.25, -0.2) is 0 Å². The van der Waals surface area contributed by atoms with Crippen molar-refractivity contribution in [3.63, 3.8) is 0 Å². The largest absolute Gasteiger partial charge is 0.382 e. The predicted octanol–water partition coefficient (Wildman–Crippen LogP) is 1.12. The summed E-state index contributed by atoms with van der Waals surface area (Å²) >= 11 is 0. The minimum atomic E-state index is 0.643. The maximum absolute atomic E-state index is 5.67. The van der Waals surface area contributed by atoms with Crippen LogP contribution in [0.3, 0.4) is 0 Å². The fourth-order valence-corrected chi connectivity index (χ4v) is 1.43. The number of likely N-dealkylation sites (N-methyl/N-ethyl adjacent to an activating group) is 1. The molecule has 0 aliphatic rings. The predicted molar refractivity (Wildman–Crippen MR) is 59.2 cm³/mol. The van der Waals surface area contributed by atoms with Crippen LogP contribution in [0.4, 0.5) is 5.82 Å². The van der Waals surface area contributed by atoms with Gasteiger partial charge >= 0.3 is 0 Å². The third-order valence-corrected chi connectivity index (χ3v) is 2.52. The van der Waals surface area contributed by atoms with Crippen molar-refractivity contribution in [2.24, 2.45) is 0 Å². The summed E-state index contributed by atoms with van der Waals surface area (Å²) in [5, 5.41) is 4.22. The summed E-state index contributed by atoms with van der Waals surface area (Å²) in [4.78, 5) is 2.37. The molecule has 14 heavy (non-hydrogen) atoms. The third-order valence-electron chi connectivity index (χ3n) is 2.52. The first kappa shape index (κ1) is 11.0. The number of hydrogen-bond donors (Lipinski definition) is 1. The fraction of sp³-hybridized carbons (Fsp3) is 0.700. The smallest absolute Gasteiger partial charge is 0.148 e. The molecule has 4 nitrogen and oxygen atoms in total. The number of hydrogen-bond acceptors (Lipinski definition) is 3. The van der Waals surface area contributed by atoms with Crippen LogP contribution in [-0.2, 0) is 6.54 Å². The van der Waals surface area contributed by atoms with Crippen molar-refractivity contribution in [3.05, 3.63) is 11.8 Å². The Kier molecular flexibility index (Phi) is 3.95. The fourth-order valence-electron chi connectivity index (χ4n) is 1.43. The lowest BCUT2D eigenvalue weighted by Gasteiger charge is -2.17. The lowest BCUT2D eigenvalue weighted by molar-refractivity contribution is 0.285. The summed E-state index contributed by atoms with van der Waals surface area (Å²) < 4.78 is 1.92. The minimum Gasteiger partial charge on any atom is -0.382 e. The topological polar surface area (TPSA) is 47.1 Å². The van der Waals surface area contributed by atoms with Crippen molar-refractivity contribution in [1.29, 1.82) is 0 Å². The molecule has 0 aliphatic heterocycles. The molecule has 0 radical (unpaired) electrons. The number of aromatic nitrogens is 2. The van der Waals surface area contributed by atoms with Crippen molar-refractivity contribution < 1.29 is 0 Å². The first-order valence-electron chi connectivity index (χ1n) is 5.19. The Labute approximate surface area is 85.7 Å². The molecule has 4 heteroatoms. The zero-order valence-corrected chi connectivity index (χ0v) is 9.32. The van der Waals surface area contributed by atoms with E-state index >= 15 is 0 Å². The molecular formula is C10H20N4. The monoisotopic (exact) mass is 196 g/mol. The number of nitrogen functional groups attached to an aromatic ring is 1. The van der Waals surface area contributed by atoms with Crippen molar-refractivity contribution in [1.82, 2.24) is 14.7 Å². The van der Waals surface area contributed by atoms with E-state index in [4.69, 9.17) is 5.73 Å². The lowest BCUT2D eigenvalue weighted by Crippen LogP contribution is -2.27. The number of nitrogens with two attached hydrogens (primary N) is 1. The van der Waals surface area contributed by atoms with E-state index in [9.17, 15) is 0 Å². The number of rotatable bonds is 5. The van der Waals surface area contributed by atoms with Crippen molar-refractivity contribution in [2.75, 3.05) is 25.4 Å². The second-order valence-electron chi connectivity index (χ2n) is 3.49. The van der Waals surface area contributed by atoms with Gasteiger partial charge in [-0.1, -0.05) is 13.8 Å².